The number of allylic oxidation sites excluding steroid dienone is 8. The van der Waals surface area contributed by atoms with Crippen LogP contribution in [0.3, 0.4) is 0 Å². The van der Waals surface area contributed by atoms with Crippen LogP contribution in [0.4, 0.5) is 10.2 Å². The van der Waals surface area contributed by atoms with Gasteiger partial charge < -0.3 is 25.2 Å². The number of nitrogen functional groups attached to an aromatic ring is 1. The molecule has 206 valence electrons. The van der Waals surface area contributed by atoms with Gasteiger partial charge in [-0.3, -0.25) is 4.79 Å². The molecule has 1 aromatic rings. The highest BCUT2D eigenvalue weighted by Gasteiger charge is 2.33. The molecule has 2 atom stereocenters. The third kappa shape index (κ3) is 5.72. The number of carbonyl (C=O) groups excluding carboxylic acids is 1. The summed E-state index contributed by atoms with van der Waals surface area (Å²) in [6.07, 6.45) is 18.7. The fraction of sp³-hybridized carbons (Fsp3) is 0.500. The van der Waals surface area contributed by atoms with E-state index in [0.717, 1.165) is 44.2 Å². The van der Waals surface area contributed by atoms with Crippen LogP contribution in [-0.2, 0) is 0 Å². The van der Waals surface area contributed by atoms with Gasteiger partial charge in [0.25, 0.3) is 5.91 Å². The SMILES string of the molecule is Nc1nc(OC2=CCC(F)C=C2)nc2c1C(=O)N(C1=CCC([C@H]3CC[C@H](CC(O)=C4CC4)CC3)C=C1)CCO2. The van der Waals surface area contributed by atoms with E-state index in [0.29, 0.717) is 35.8 Å². The molecule has 6 rings (SSSR count). The van der Waals surface area contributed by atoms with E-state index in [1.165, 1.54) is 30.6 Å². The number of hydrogen-bond acceptors (Lipinski definition) is 7. The molecule has 2 fully saturated rings. The van der Waals surface area contributed by atoms with Crippen LogP contribution in [0.15, 0.2) is 59.2 Å². The van der Waals surface area contributed by atoms with Gasteiger partial charge in [0.15, 0.2) is 0 Å². The fourth-order valence-corrected chi connectivity index (χ4v) is 6.02. The molecule has 8 nitrogen and oxygen atoms in total. The zero-order valence-electron chi connectivity index (χ0n) is 22.0. The van der Waals surface area contributed by atoms with Gasteiger partial charge in [-0.1, -0.05) is 12.2 Å². The number of aromatic nitrogens is 2. The third-order valence-electron chi connectivity index (χ3n) is 8.43. The summed E-state index contributed by atoms with van der Waals surface area (Å²) >= 11 is 0. The van der Waals surface area contributed by atoms with Crippen molar-refractivity contribution in [2.24, 2.45) is 17.8 Å². The summed E-state index contributed by atoms with van der Waals surface area (Å²) < 4.78 is 24.8. The summed E-state index contributed by atoms with van der Waals surface area (Å²) in [4.78, 5) is 23.7. The summed E-state index contributed by atoms with van der Waals surface area (Å²) in [5.41, 5.74) is 8.40. The summed E-state index contributed by atoms with van der Waals surface area (Å²) in [6.45, 7) is 0.615. The van der Waals surface area contributed by atoms with Crippen molar-refractivity contribution >= 4 is 11.7 Å². The van der Waals surface area contributed by atoms with Gasteiger partial charge in [-0.25, -0.2) is 4.39 Å². The Morgan fingerprint density at radius 3 is 2.64 bits per heavy atom. The molecule has 0 aromatic carbocycles. The minimum absolute atomic E-state index is 0.0194. The Morgan fingerprint density at radius 1 is 1.13 bits per heavy atom. The van der Waals surface area contributed by atoms with Crippen LogP contribution in [0.2, 0.25) is 0 Å². The lowest BCUT2D eigenvalue weighted by Crippen LogP contribution is -2.33. The second-order valence-corrected chi connectivity index (χ2v) is 11.1. The quantitative estimate of drug-likeness (QED) is 0.449. The topological polar surface area (TPSA) is 111 Å². The summed E-state index contributed by atoms with van der Waals surface area (Å²) in [5, 5.41) is 10.2. The average Bonchev–Trinajstić information content (AvgIpc) is 3.79. The highest BCUT2D eigenvalue weighted by atomic mass is 19.1. The van der Waals surface area contributed by atoms with E-state index in [1.807, 2.05) is 6.08 Å². The molecule has 5 aliphatic rings. The van der Waals surface area contributed by atoms with Gasteiger partial charge in [-0.05, 0) is 92.6 Å². The van der Waals surface area contributed by atoms with E-state index in [1.54, 1.807) is 11.0 Å². The normalized spacial score (nSPS) is 28.2. The van der Waals surface area contributed by atoms with Crippen molar-refractivity contribution in [2.45, 2.75) is 64.0 Å². The van der Waals surface area contributed by atoms with E-state index in [2.05, 4.69) is 22.1 Å². The number of carbonyl (C=O) groups is 1. The molecular formula is C30H35FN4O4. The van der Waals surface area contributed by atoms with Crippen molar-refractivity contribution in [1.82, 2.24) is 14.9 Å². The van der Waals surface area contributed by atoms with Crippen LogP contribution in [0.1, 0.15) is 68.1 Å². The van der Waals surface area contributed by atoms with Crippen LogP contribution >= 0.6 is 0 Å². The van der Waals surface area contributed by atoms with Crippen molar-refractivity contribution in [3.63, 3.8) is 0 Å². The molecular weight excluding hydrogens is 499 g/mol. The predicted molar refractivity (Wildman–Crippen MR) is 145 cm³/mol. The van der Waals surface area contributed by atoms with E-state index in [9.17, 15) is 14.3 Å². The van der Waals surface area contributed by atoms with Gasteiger partial charge in [-0.2, -0.15) is 9.97 Å². The van der Waals surface area contributed by atoms with E-state index in [-0.39, 0.29) is 42.2 Å². The first-order valence-electron chi connectivity index (χ1n) is 14.0. The molecule has 0 spiro atoms. The number of aliphatic hydroxyl groups is 1. The maximum Gasteiger partial charge on any atom is 0.327 e. The van der Waals surface area contributed by atoms with Crippen LogP contribution < -0.4 is 15.2 Å². The van der Waals surface area contributed by atoms with Crippen LogP contribution in [0, 0.1) is 17.8 Å². The Bertz CT molecular complexity index is 1290. The highest BCUT2D eigenvalue weighted by molar-refractivity contribution is 6.02. The number of rotatable bonds is 6. The third-order valence-corrected chi connectivity index (χ3v) is 8.43. The van der Waals surface area contributed by atoms with Gasteiger partial charge in [0, 0.05) is 18.5 Å². The molecule has 2 heterocycles. The monoisotopic (exact) mass is 534 g/mol. The number of halogens is 1. The van der Waals surface area contributed by atoms with Gasteiger partial charge in [0.2, 0.25) is 5.88 Å². The molecule has 9 heteroatoms. The number of nitrogens with two attached hydrogens (primary N) is 1. The van der Waals surface area contributed by atoms with Crippen molar-refractivity contribution in [3.05, 3.63) is 64.8 Å². The zero-order valence-corrected chi connectivity index (χ0v) is 22.0. The molecule has 2 unspecified atom stereocenters. The first kappa shape index (κ1) is 25.6. The van der Waals surface area contributed by atoms with Crippen LogP contribution in [-0.4, -0.2) is 45.2 Å². The van der Waals surface area contributed by atoms with Crippen molar-refractivity contribution in [1.29, 1.82) is 0 Å². The van der Waals surface area contributed by atoms with Crippen molar-refractivity contribution in [3.8, 4) is 11.9 Å². The minimum atomic E-state index is -1.04. The Labute approximate surface area is 227 Å². The lowest BCUT2D eigenvalue weighted by Gasteiger charge is -2.34. The van der Waals surface area contributed by atoms with E-state index < -0.39 is 6.17 Å². The molecule has 0 saturated heterocycles. The minimum Gasteiger partial charge on any atom is -0.512 e. The molecule has 3 N–H and O–H groups in total. The lowest BCUT2D eigenvalue weighted by molar-refractivity contribution is 0.0811. The zero-order chi connectivity index (χ0) is 26.9. The number of nitrogens with zero attached hydrogens (tertiary/aromatic N) is 3. The number of fused-ring (bicyclic) bond motifs is 1. The Hall–Kier alpha value is -3.62. The largest absolute Gasteiger partial charge is 0.512 e. The molecule has 2 saturated carbocycles. The number of amides is 1. The lowest BCUT2D eigenvalue weighted by atomic mass is 9.73. The molecule has 0 bridgehead atoms. The number of alkyl halides is 1. The van der Waals surface area contributed by atoms with Gasteiger partial charge in [0.1, 0.15) is 29.9 Å². The fourth-order valence-electron chi connectivity index (χ4n) is 6.02. The maximum absolute atomic E-state index is 13.5. The van der Waals surface area contributed by atoms with E-state index in [4.69, 9.17) is 15.2 Å². The first-order chi connectivity index (χ1) is 18.9. The van der Waals surface area contributed by atoms with Gasteiger partial charge in [-0.15, -0.1) is 0 Å². The Balaban J connectivity index is 1.08. The summed E-state index contributed by atoms with van der Waals surface area (Å²) in [7, 11) is 0. The van der Waals surface area contributed by atoms with Crippen LogP contribution in [0.5, 0.6) is 11.9 Å². The second kappa shape index (κ2) is 10.9. The number of hydrogen-bond donors (Lipinski definition) is 2. The first-order valence-corrected chi connectivity index (χ1v) is 14.0. The molecule has 4 aliphatic carbocycles. The Morgan fingerprint density at radius 2 is 1.95 bits per heavy atom. The standard InChI is InChI=1S/C30H35FN4O4/c31-22-9-13-24(14-10-22)39-30-33-27(32)26-28(34-30)38-16-15-35(29(26)37)23-11-7-20(8-12-23)19-3-1-18(2-4-19)17-25(36)21-5-6-21/h7,9,11-14,18-20,22,36H,1-6,8,10,15-17H2,(H2,32,33,34)/t18-,19-,20?,22?. The summed E-state index contributed by atoms with van der Waals surface area (Å²) in [5.74, 6) is 2.52. The summed E-state index contributed by atoms with van der Waals surface area (Å²) in [6, 6.07) is -0.0468. The smallest absolute Gasteiger partial charge is 0.327 e. The number of anilines is 1. The van der Waals surface area contributed by atoms with Crippen LogP contribution in [0.25, 0.3) is 0 Å². The molecule has 1 amide bonds. The predicted octanol–water partition coefficient (Wildman–Crippen LogP) is 5.72. The average molecular weight is 535 g/mol. The Kier molecular flexibility index (Phi) is 7.14. The molecule has 0 radical (unpaired) electrons. The van der Waals surface area contributed by atoms with Gasteiger partial charge in [0.05, 0.1) is 12.3 Å². The molecule has 1 aliphatic heterocycles. The molecule has 39 heavy (non-hydrogen) atoms. The number of aliphatic hydroxyl groups excluding tert-OH is 1. The highest BCUT2D eigenvalue weighted by Crippen LogP contribution is 2.41. The van der Waals surface area contributed by atoms with E-state index >= 15 is 0 Å². The van der Waals surface area contributed by atoms with Gasteiger partial charge >= 0.3 is 6.01 Å². The second-order valence-electron chi connectivity index (χ2n) is 11.1. The number of ether oxygens (including phenoxy) is 2. The maximum atomic E-state index is 13.5. The van der Waals surface area contributed by atoms with Crippen molar-refractivity contribution in [2.75, 3.05) is 18.9 Å². The molecule has 1 aromatic heterocycles. The van der Waals surface area contributed by atoms with Crippen molar-refractivity contribution < 1.29 is 23.8 Å².